The number of benzene rings is 1. The Bertz CT molecular complexity index is 739. The van der Waals surface area contributed by atoms with E-state index in [1.54, 1.807) is 20.4 Å². The summed E-state index contributed by atoms with van der Waals surface area (Å²) < 4.78 is 11.2. The predicted molar refractivity (Wildman–Crippen MR) is 113 cm³/mol. The molecule has 1 saturated heterocycles. The first-order valence-electron chi connectivity index (χ1n) is 10.1. The minimum Gasteiger partial charge on any atom is -0.496 e. The lowest BCUT2D eigenvalue weighted by Crippen LogP contribution is -2.43. The highest BCUT2D eigenvalue weighted by molar-refractivity contribution is 5.79. The minimum absolute atomic E-state index is 0.225. The number of aliphatic imine (C=N–C) groups is 1. The Kier molecular flexibility index (Phi) is 7.37. The summed E-state index contributed by atoms with van der Waals surface area (Å²) in [5.41, 5.74) is 1.19. The number of guanidine groups is 1. The number of nitrogens with one attached hydrogen (secondary N) is 2. The van der Waals surface area contributed by atoms with Crippen LogP contribution in [0.2, 0.25) is 0 Å². The zero-order valence-electron chi connectivity index (χ0n) is 17.1. The molecule has 2 heterocycles. The standard InChI is InChI=1S/C22H32N4O2/c1-17(18-9-4-5-10-20(18)27-3)15-24-22(23-2)25-16-19(21-11-8-14-28-21)26-12-6-7-13-26/h4-5,8-11,14,17,19H,6-7,12-13,15-16H2,1-3H3,(H2,23,24,25). The summed E-state index contributed by atoms with van der Waals surface area (Å²) >= 11 is 0. The lowest BCUT2D eigenvalue weighted by Gasteiger charge is -2.27. The molecule has 2 N–H and O–H groups in total. The van der Waals surface area contributed by atoms with Crippen LogP contribution in [0.1, 0.15) is 43.0 Å². The van der Waals surface area contributed by atoms with Gasteiger partial charge in [0.2, 0.25) is 0 Å². The maximum Gasteiger partial charge on any atom is 0.191 e. The Balaban J connectivity index is 1.56. The zero-order valence-corrected chi connectivity index (χ0v) is 17.1. The van der Waals surface area contributed by atoms with E-state index in [-0.39, 0.29) is 6.04 Å². The minimum atomic E-state index is 0.225. The predicted octanol–water partition coefficient (Wildman–Crippen LogP) is 3.39. The van der Waals surface area contributed by atoms with E-state index in [1.807, 2.05) is 24.3 Å². The van der Waals surface area contributed by atoms with E-state index in [9.17, 15) is 0 Å². The number of likely N-dealkylation sites (tertiary alicyclic amines) is 1. The first-order chi connectivity index (χ1) is 13.7. The summed E-state index contributed by atoms with van der Waals surface area (Å²) in [6.07, 6.45) is 4.25. The second-order valence-corrected chi connectivity index (χ2v) is 7.25. The van der Waals surface area contributed by atoms with Crippen molar-refractivity contribution in [1.29, 1.82) is 0 Å². The summed E-state index contributed by atoms with van der Waals surface area (Å²) in [7, 11) is 3.52. The van der Waals surface area contributed by atoms with Gasteiger partial charge in [-0.25, -0.2) is 0 Å². The number of nitrogens with zero attached hydrogens (tertiary/aromatic N) is 2. The molecular formula is C22H32N4O2. The monoisotopic (exact) mass is 384 g/mol. The molecule has 0 aliphatic carbocycles. The Hall–Kier alpha value is -2.47. The average molecular weight is 385 g/mol. The van der Waals surface area contributed by atoms with Crippen molar-refractivity contribution in [2.75, 3.05) is 40.3 Å². The molecule has 6 nitrogen and oxygen atoms in total. The fourth-order valence-electron chi connectivity index (χ4n) is 3.79. The van der Waals surface area contributed by atoms with Crippen molar-refractivity contribution in [1.82, 2.24) is 15.5 Å². The normalized spacial score (nSPS) is 17.3. The maximum absolute atomic E-state index is 5.70. The third-order valence-corrected chi connectivity index (χ3v) is 5.39. The third kappa shape index (κ3) is 5.07. The van der Waals surface area contributed by atoms with Crippen LogP contribution in [0.4, 0.5) is 0 Å². The van der Waals surface area contributed by atoms with Crippen LogP contribution in [0, 0.1) is 0 Å². The summed E-state index contributed by atoms with van der Waals surface area (Å²) in [5, 5.41) is 6.92. The number of para-hydroxylation sites is 1. The summed E-state index contributed by atoms with van der Waals surface area (Å²) in [6.45, 7) is 5.95. The van der Waals surface area contributed by atoms with Crippen LogP contribution >= 0.6 is 0 Å². The molecule has 2 atom stereocenters. The van der Waals surface area contributed by atoms with Crippen LogP contribution < -0.4 is 15.4 Å². The molecule has 1 aromatic carbocycles. The lowest BCUT2D eigenvalue weighted by atomic mass is 10.0. The SMILES string of the molecule is CN=C(NCC(C)c1ccccc1OC)NCC(c1ccco1)N1CCCC1. The summed E-state index contributed by atoms with van der Waals surface area (Å²) in [6, 6.07) is 12.4. The molecule has 1 aliphatic heterocycles. The van der Waals surface area contributed by atoms with Gasteiger partial charge < -0.3 is 19.8 Å². The van der Waals surface area contributed by atoms with Crippen molar-refractivity contribution in [2.24, 2.45) is 4.99 Å². The van der Waals surface area contributed by atoms with E-state index in [0.29, 0.717) is 5.92 Å². The second kappa shape index (κ2) is 10.2. The van der Waals surface area contributed by atoms with E-state index in [1.165, 1.54) is 18.4 Å². The molecule has 1 aromatic heterocycles. The van der Waals surface area contributed by atoms with Crippen molar-refractivity contribution >= 4 is 5.96 Å². The maximum atomic E-state index is 5.70. The van der Waals surface area contributed by atoms with Crippen molar-refractivity contribution in [3.05, 3.63) is 54.0 Å². The molecule has 0 bridgehead atoms. The first kappa shape index (κ1) is 20.3. The molecule has 2 aromatic rings. The Labute approximate surface area is 168 Å². The quantitative estimate of drug-likeness (QED) is 0.540. The van der Waals surface area contributed by atoms with E-state index >= 15 is 0 Å². The molecule has 0 saturated carbocycles. The highest BCUT2D eigenvalue weighted by Crippen LogP contribution is 2.26. The Morgan fingerprint density at radius 2 is 1.89 bits per heavy atom. The van der Waals surface area contributed by atoms with Crippen molar-refractivity contribution in [2.45, 2.75) is 31.7 Å². The van der Waals surface area contributed by atoms with Crippen LogP contribution in [-0.4, -0.2) is 51.2 Å². The smallest absolute Gasteiger partial charge is 0.191 e. The van der Waals surface area contributed by atoms with Gasteiger partial charge in [0, 0.05) is 26.1 Å². The zero-order chi connectivity index (χ0) is 19.8. The number of ether oxygens (including phenoxy) is 1. The van der Waals surface area contributed by atoms with Crippen molar-refractivity contribution < 1.29 is 9.15 Å². The van der Waals surface area contributed by atoms with Crippen LogP contribution in [0.5, 0.6) is 5.75 Å². The molecule has 2 unspecified atom stereocenters. The van der Waals surface area contributed by atoms with Crippen LogP contribution in [0.3, 0.4) is 0 Å². The van der Waals surface area contributed by atoms with Gasteiger partial charge in [-0.1, -0.05) is 25.1 Å². The van der Waals surface area contributed by atoms with Crippen LogP contribution in [0.25, 0.3) is 0 Å². The molecular weight excluding hydrogens is 352 g/mol. The van der Waals surface area contributed by atoms with Gasteiger partial charge in [0.15, 0.2) is 5.96 Å². The van der Waals surface area contributed by atoms with Gasteiger partial charge >= 0.3 is 0 Å². The van der Waals surface area contributed by atoms with Crippen LogP contribution in [-0.2, 0) is 0 Å². The molecule has 1 aliphatic rings. The number of methoxy groups -OCH3 is 1. The van der Waals surface area contributed by atoms with Gasteiger partial charge in [0.1, 0.15) is 11.5 Å². The number of hydrogen-bond acceptors (Lipinski definition) is 4. The average Bonchev–Trinajstić information content (AvgIpc) is 3.45. The molecule has 0 radical (unpaired) electrons. The fraction of sp³-hybridized carbons (Fsp3) is 0.500. The fourth-order valence-corrected chi connectivity index (χ4v) is 3.79. The van der Waals surface area contributed by atoms with Gasteiger partial charge in [0.05, 0.1) is 19.4 Å². The molecule has 1 fully saturated rings. The highest BCUT2D eigenvalue weighted by atomic mass is 16.5. The Morgan fingerprint density at radius 3 is 2.57 bits per heavy atom. The molecule has 0 spiro atoms. The number of furan rings is 1. The van der Waals surface area contributed by atoms with Gasteiger partial charge in [0.25, 0.3) is 0 Å². The summed E-state index contributed by atoms with van der Waals surface area (Å²) in [5.74, 6) is 3.03. The molecule has 3 rings (SSSR count). The van der Waals surface area contributed by atoms with Gasteiger partial charge in [-0.05, 0) is 49.7 Å². The van der Waals surface area contributed by atoms with E-state index in [0.717, 1.165) is 43.6 Å². The topological polar surface area (TPSA) is 62.0 Å². The summed E-state index contributed by atoms with van der Waals surface area (Å²) in [4.78, 5) is 6.87. The third-order valence-electron chi connectivity index (χ3n) is 5.39. The number of hydrogen-bond donors (Lipinski definition) is 2. The van der Waals surface area contributed by atoms with Crippen LogP contribution in [0.15, 0.2) is 52.1 Å². The highest BCUT2D eigenvalue weighted by Gasteiger charge is 2.25. The molecule has 28 heavy (non-hydrogen) atoms. The van der Waals surface area contributed by atoms with Crippen molar-refractivity contribution in [3.63, 3.8) is 0 Å². The molecule has 152 valence electrons. The van der Waals surface area contributed by atoms with Gasteiger partial charge in [-0.3, -0.25) is 9.89 Å². The first-order valence-corrected chi connectivity index (χ1v) is 10.1. The largest absolute Gasteiger partial charge is 0.496 e. The van der Waals surface area contributed by atoms with E-state index in [2.05, 4.69) is 39.6 Å². The van der Waals surface area contributed by atoms with Crippen molar-refractivity contribution in [3.8, 4) is 5.75 Å². The Morgan fingerprint density at radius 1 is 1.14 bits per heavy atom. The van der Waals surface area contributed by atoms with E-state index in [4.69, 9.17) is 9.15 Å². The number of rotatable bonds is 8. The van der Waals surface area contributed by atoms with Gasteiger partial charge in [-0.2, -0.15) is 0 Å². The molecule has 0 amide bonds. The second-order valence-electron chi connectivity index (χ2n) is 7.25. The lowest BCUT2D eigenvalue weighted by molar-refractivity contribution is 0.215. The van der Waals surface area contributed by atoms with E-state index < -0.39 is 0 Å². The molecule has 6 heteroatoms. The van der Waals surface area contributed by atoms with Gasteiger partial charge in [-0.15, -0.1) is 0 Å².